The first-order valence-electron chi connectivity index (χ1n) is 5.20. The van der Waals surface area contributed by atoms with Gasteiger partial charge in [0.05, 0.1) is 11.1 Å². The lowest BCUT2D eigenvalue weighted by molar-refractivity contribution is -0.138. The predicted molar refractivity (Wildman–Crippen MR) is 70.1 cm³/mol. The number of hydrogen-bond donors (Lipinski definition) is 1. The summed E-state index contributed by atoms with van der Waals surface area (Å²) in [6.45, 7) is 0. The molecule has 2 rings (SSSR count). The molecule has 0 spiro atoms. The van der Waals surface area contributed by atoms with Gasteiger partial charge in [0.15, 0.2) is 0 Å². The van der Waals surface area contributed by atoms with Crippen LogP contribution in [0.2, 0.25) is 0 Å². The molecule has 1 aromatic rings. The van der Waals surface area contributed by atoms with Crippen LogP contribution in [0.15, 0.2) is 21.8 Å². The van der Waals surface area contributed by atoms with Gasteiger partial charge < -0.3 is 5.73 Å². The Hall–Kier alpha value is -1.05. The van der Waals surface area contributed by atoms with E-state index in [4.69, 9.17) is 5.73 Å². The molecule has 0 radical (unpaired) electrons. The number of alkyl halides is 3. The van der Waals surface area contributed by atoms with Gasteiger partial charge in [0.2, 0.25) is 5.91 Å². The Bertz CT molecular complexity index is 549. The monoisotopic (exact) mass is 367 g/mol. The molecule has 0 bridgehead atoms. The molecule has 1 aliphatic rings. The number of amides is 1. The molecule has 0 aromatic heterocycles. The summed E-state index contributed by atoms with van der Waals surface area (Å²) < 4.78 is 40.2. The fourth-order valence-electron chi connectivity index (χ4n) is 1.94. The normalized spacial score (nSPS) is 15.6. The van der Waals surface area contributed by atoms with E-state index >= 15 is 0 Å². The molecular formula is C12H9F3INO. The molecule has 6 heteroatoms. The number of halogens is 4. The Balaban J connectivity index is 2.71. The molecule has 0 fully saturated rings. The van der Waals surface area contributed by atoms with E-state index in [1.165, 1.54) is 12.1 Å². The van der Waals surface area contributed by atoms with Crippen molar-refractivity contribution in [3.63, 3.8) is 0 Å². The molecule has 96 valence electrons. The molecule has 1 aromatic carbocycles. The van der Waals surface area contributed by atoms with Crippen LogP contribution in [0.25, 0.3) is 5.57 Å². The van der Waals surface area contributed by atoms with Crippen LogP contribution in [-0.2, 0) is 6.18 Å². The van der Waals surface area contributed by atoms with E-state index in [2.05, 4.69) is 0 Å². The van der Waals surface area contributed by atoms with Gasteiger partial charge in [-0.25, -0.2) is 0 Å². The summed E-state index contributed by atoms with van der Waals surface area (Å²) in [5.41, 5.74) is 4.37. The number of carbonyl (C=O) groups excluding carboxylic acids is 1. The topological polar surface area (TPSA) is 43.1 Å². The molecule has 0 atom stereocenters. The third kappa shape index (κ3) is 2.25. The maximum atomic E-state index is 13.1. The van der Waals surface area contributed by atoms with E-state index in [1.807, 2.05) is 22.6 Å². The van der Waals surface area contributed by atoms with Gasteiger partial charge in [-0.1, -0.05) is 12.1 Å². The maximum Gasteiger partial charge on any atom is 0.417 e. The summed E-state index contributed by atoms with van der Waals surface area (Å²) >= 11 is 2.03. The van der Waals surface area contributed by atoms with Crippen LogP contribution in [0.3, 0.4) is 0 Å². The molecular weight excluding hydrogens is 358 g/mol. The van der Waals surface area contributed by atoms with E-state index < -0.39 is 23.2 Å². The SMILES string of the molecule is NC(=O)c1cccc(C2=C(I)CC2)c1C(F)(F)F. The van der Waals surface area contributed by atoms with Crippen molar-refractivity contribution in [2.45, 2.75) is 19.0 Å². The van der Waals surface area contributed by atoms with Gasteiger partial charge in [0.1, 0.15) is 0 Å². The molecule has 18 heavy (non-hydrogen) atoms. The molecule has 2 N–H and O–H groups in total. The summed E-state index contributed by atoms with van der Waals surface area (Å²) in [5, 5.41) is 0. The maximum absolute atomic E-state index is 13.1. The van der Waals surface area contributed by atoms with Crippen molar-refractivity contribution < 1.29 is 18.0 Å². The van der Waals surface area contributed by atoms with Gasteiger partial charge in [-0.2, -0.15) is 13.2 Å². The van der Waals surface area contributed by atoms with Crippen LogP contribution in [0.5, 0.6) is 0 Å². The van der Waals surface area contributed by atoms with Gasteiger partial charge >= 0.3 is 6.18 Å². The zero-order chi connectivity index (χ0) is 13.5. The molecule has 2 nitrogen and oxygen atoms in total. The van der Waals surface area contributed by atoms with Crippen molar-refractivity contribution >= 4 is 34.1 Å². The Morgan fingerprint density at radius 2 is 1.94 bits per heavy atom. The lowest BCUT2D eigenvalue weighted by Gasteiger charge is -2.24. The highest BCUT2D eigenvalue weighted by Gasteiger charge is 2.39. The Kier molecular flexibility index (Phi) is 3.39. The zero-order valence-electron chi connectivity index (χ0n) is 9.14. The van der Waals surface area contributed by atoms with Crippen LogP contribution in [0.1, 0.15) is 34.3 Å². The summed E-state index contributed by atoms with van der Waals surface area (Å²) in [5.74, 6) is -1.06. The standard InChI is InChI=1S/C12H9F3INO/c13-12(14,15)10-7(6-4-5-9(6)16)2-1-3-8(10)11(17)18/h1-3H,4-5H2,(H2,17,18). The number of rotatable bonds is 2. The van der Waals surface area contributed by atoms with Crippen LogP contribution in [-0.4, -0.2) is 5.91 Å². The van der Waals surface area contributed by atoms with Crippen molar-refractivity contribution in [1.82, 2.24) is 0 Å². The van der Waals surface area contributed by atoms with E-state index in [0.717, 1.165) is 16.1 Å². The highest BCUT2D eigenvalue weighted by Crippen LogP contribution is 2.45. The minimum absolute atomic E-state index is 0.0782. The van der Waals surface area contributed by atoms with Gasteiger partial charge in [-0.15, -0.1) is 0 Å². The van der Waals surface area contributed by atoms with E-state index in [9.17, 15) is 18.0 Å². The molecule has 1 amide bonds. The Labute approximate surface area is 115 Å². The van der Waals surface area contributed by atoms with Crippen LogP contribution in [0.4, 0.5) is 13.2 Å². The minimum Gasteiger partial charge on any atom is -0.366 e. The molecule has 0 heterocycles. The van der Waals surface area contributed by atoms with Crippen LogP contribution in [0, 0.1) is 0 Å². The number of nitrogens with two attached hydrogens (primary N) is 1. The third-order valence-corrected chi connectivity index (χ3v) is 4.05. The smallest absolute Gasteiger partial charge is 0.366 e. The third-order valence-electron chi connectivity index (χ3n) is 2.86. The second kappa shape index (κ2) is 4.56. The molecule has 0 aliphatic heterocycles. The van der Waals surface area contributed by atoms with Crippen LogP contribution < -0.4 is 5.73 Å². The number of primary amides is 1. The van der Waals surface area contributed by atoms with E-state index in [0.29, 0.717) is 12.0 Å². The summed E-state index contributed by atoms with van der Waals surface area (Å²) in [6.07, 6.45) is -3.20. The Morgan fingerprint density at radius 1 is 1.28 bits per heavy atom. The van der Waals surface area contributed by atoms with Crippen molar-refractivity contribution in [2.75, 3.05) is 0 Å². The van der Waals surface area contributed by atoms with Gasteiger partial charge in [-0.05, 0) is 56.2 Å². The Morgan fingerprint density at radius 3 is 2.33 bits per heavy atom. The lowest BCUT2D eigenvalue weighted by atomic mass is 9.86. The van der Waals surface area contributed by atoms with Crippen molar-refractivity contribution in [2.24, 2.45) is 5.73 Å². The van der Waals surface area contributed by atoms with E-state index in [-0.39, 0.29) is 5.56 Å². The van der Waals surface area contributed by atoms with Crippen LogP contribution >= 0.6 is 22.6 Å². The fraction of sp³-hybridized carbons (Fsp3) is 0.250. The quantitative estimate of drug-likeness (QED) is 0.796. The molecule has 0 unspecified atom stereocenters. The minimum atomic E-state index is -4.58. The average molecular weight is 367 g/mol. The first-order chi connectivity index (χ1) is 8.32. The largest absolute Gasteiger partial charge is 0.417 e. The molecule has 1 aliphatic carbocycles. The highest BCUT2D eigenvalue weighted by atomic mass is 127. The second-order valence-electron chi connectivity index (χ2n) is 3.97. The predicted octanol–water partition coefficient (Wildman–Crippen LogP) is 3.74. The van der Waals surface area contributed by atoms with E-state index in [1.54, 1.807) is 0 Å². The summed E-state index contributed by atoms with van der Waals surface area (Å²) in [7, 11) is 0. The van der Waals surface area contributed by atoms with Crippen molar-refractivity contribution in [1.29, 1.82) is 0 Å². The first kappa shape index (κ1) is 13.4. The molecule has 0 saturated heterocycles. The molecule has 0 saturated carbocycles. The van der Waals surface area contributed by atoms with Gasteiger partial charge in [0, 0.05) is 0 Å². The van der Waals surface area contributed by atoms with Crippen molar-refractivity contribution in [3.8, 4) is 0 Å². The van der Waals surface area contributed by atoms with Gasteiger partial charge in [-0.3, -0.25) is 4.79 Å². The second-order valence-corrected chi connectivity index (χ2v) is 5.28. The van der Waals surface area contributed by atoms with Crippen molar-refractivity contribution in [3.05, 3.63) is 38.5 Å². The number of allylic oxidation sites excluding steroid dienone is 2. The lowest BCUT2D eigenvalue weighted by Crippen LogP contribution is -2.21. The average Bonchev–Trinajstić information content (AvgIpc) is 2.25. The highest BCUT2D eigenvalue weighted by molar-refractivity contribution is 14.1. The zero-order valence-corrected chi connectivity index (χ0v) is 11.3. The first-order valence-corrected chi connectivity index (χ1v) is 6.28. The number of hydrogen-bond acceptors (Lipinski definition) is 1. The fourth-order valence-corrected chi connectivity index (χ4v) is 2.77. The summed E-state index contributed by atoms with van der Waals surface area (Å²) in [6, 6.07) is 3.93. The number of carbonyl (C=O) groups is 1. The number of benzene rings is 1. The van der Waals surface area contributed by atoms with Gasteiger partial charge in [0.25, 0.3) is 0 Å². The summed E-state index contributed by atoms with van der Waals surface area (Å²) in [4.78, 5) is 11.1.